The standard InChI is InChI=1S/C20H23N5O4S/c1-4-9-24-16(21)15(17(27)23-19(24)29)14(26)10-30-20-22-13-8-6-5-7-12(13)18(28)25(20)11(2)3/h5-8,11H,4,9-10,21H2,1-3H3,(H,23,27,29). The third-order valence-corrected chi connectivity index (χ3v) is 5.54. The molecule has 0 bridgehead atoms. The van der Waals surface area contributed by atoms with E-state index in [1.54, 1.807) is 24.3 Å². The van der Waals surface area contributed by atoms with Gasteiger partial charge in [0, 0.05) is 12.6 Å². The highest BCUT2D eigenvalue weighted by Crippen LogP contribution is 2.22. The zero-order chi connectivity index (χ0) is 22.0. The Kier molecular flexibility index (Phi) is 6.25. The van der Waals surface area contributed by atoms with E-state index in [1.807, 2.05) is 20.8 Å². The number of hydrogen-bond donors (Lipinski definition) is 2. The lowest BCUT2D eigenvalue weighted by atomic mass is 10.2. The first-order valence-electron chi connectivity index (χ1n) is 9.56. The summed E-state index contributed by atoms with van der Waals surface area (Å²) in [5.41, 5.74) is 4.58. The molecule has 30 heavy (non-hydrogen) atoms. The maximum atomic E-state index is 12.9. The third kappa shape index (κ3) is 3.95. The molecule has 0 aliphatic rings. The molecule has 0 aliphatic carbocycles. The van der Waals surface area contributed by atoms with Crippen LogP contribution in [0.1, 0.15) is 43.6 Å². The lowest BCUT2D eigenvalue weighted by Gasteiger charge is -2.16. The van der Waals surface area contributed by atoms with E-state index >= 15 is 0 Å². The topological polar surface area (TPSA) is 133 Å². The van der Waals surface area contributed by atoms with Crippen LogP contribution in [0, 0.1) is 0 Å². The van der Waals surface area contributed by atoms with Crippen LogP contribution in [0.4, 0.5) is 5.82 Å². The average molecular weight is 430 g/mol. The summed E-state index contributed by atoms with van der Waals surface area (Å²) in [5.74, 6) is -0.847. The van der Waals surface area contributed by atoms with E-state index in [0.717, 1.165) is 11.8 Å². The van der Waals surface area contributed by atoms with E-state index in [1.165, 1.54) is 9.13 Å². The minimum atomic E-state index is -0.817. The number of nitrogen functional groups attached to an aromatic ring is 1. The zero-order valence-electron chi connectivity index (χ0n) is 17.0. The van der Waals surface area contributed by atoms with Crippen LogP contribution in [0.5, 0.6) is 0 Å². The summed E-state index contributed by atoms with van der Waals surface area (Å²) >= 11 is 1.05. The first kappa shape index (κ1) is 21.6. The Bertz CT molecular complexity index is 1290. The van der Waals surface area contributed by atoms with Crippen molar-refractivity contribution in [3.05, 3.63) is 61.0 Å². The van der Waals surface area contributed by atoms with Gasteiger partial charge in [0.1, 0.15) is 11.4 Å². The third-order valence-electron chi connectivity index (χ3n) is 4.59. The predicted octanol–water partition coefficient (Wildman–Crippen LogP) is 1.79. The highest BCUT2D eigenvalue weighted by atomic mass is 32.2. The molecule has 0 aliphatic heterocycles. The number of aromatic amines is 1. The number of nitrogens with zero attached hydrogens (tertiary/aromatic N) is 3. The number of fused-ring (bicyclic) bond motifs is 1. The second-order valence-electron chi connectivity index (χ2n) is 7.06. The van der Waals surface area contributed by atoms with Gasteiger partial charge in [0.2, 0.25) is 0 Å². The number of rotatable bonds is 7. The van der Waals surface area contributed by atoms with Crippen molar-refractivity contribution in [2.75, 3.05) is 11.5 Å². The molecule has 0 spiro atoms. The smallest absolute Gasteiger partial charge is 0.329 e. The Balaban J connectivity index is 1.99. The van der Waals surface area contributed by atoms with E-state index in [-0.39, 0.29) is 35.3 Å². The molecule has 0 unspecified atom stereocenters. The fourth-order valence-corrected chi connectivity index (χ4v) is 4.19. The lowest BCUT2D eigenvalue weighted by molar-refractivity contribution is 0.102. The molecule has 3 aromatic rings. The summed E-state index contributed by atoms with van der Waals surface area (Å²) in [5, 5.41) is 0.869. The number of carbonyl (C=O) groups is 1. The number of nitrogens with one attached hydrogen (secondary N) is 1. The maximum Gasteiger partial charge on any atom is 0.329 e. The van der Waals surface area contributed by atoms with Gasteiger partial charge >= 0.3 is 5.69 Å². The number of benzene rings is 1. The van der Waals surface area contributed by atoms with Crippen LogP contribution in [-0.4, -0.2) is 30.6 Å². The van der Waals surface area contributed by atoms with Gasteiger partial charge in [0.05, 0.1) is 16.7 Å². The number of carbonyl (C=O) groups excluding carboxylic acids is 1. The van der Waals surface area contributed by atoms with Crippen molar-refractivity contribution < 1.29 is 4.79 Å². The Hall–Kier alpha value is -3.14. The van der Waals surface area contributed by atoms with E-state index in [9.17, 15) is 19.2 Å². The van der Waals surface area contributed by atoms with Crippen LogP contribution < -0.4 is 22.5 Å². The Labute approximate surface area is 175 Å². The van der Waals surface area contributed by atoms with Gasteiger partial charge in [-0.2, -0.15) is 0 Å². The summed E-state index contributed by atoms with van der Waals surface area (Å²) in [6, 6.07) is 6.82. The van der Waals surface area contributed by atoms with Crippen LogP contribution in [0.3, 0.4) is 0 Å². The second kappa shape index (κ2) is 8.70. The number of ketones is 1. The van der Waals surface area contributed by atoms with Crippen molar-refractivity contribution >= 4 is 34.3 Å². The van der Waals surface area contributed by atoms with Crippen molar-refractivity contribution in [1.29, 1.82) is 0 Å². The normalized spacial score (nSPS) is 11.3. The Morgan fingerprint density at radius 3 is 2.60 bits per heavy atom. The number of H-pyrrole nitrogens is 1. The first-order chi connectivity index (χ1) is 14.3. The molecule has 2 heterocycles. The van der Waals surface area contributed by atoms with Crippen molar-refractivity contribution in [1.82, 2.24) is 19.1 Å². The molecule has 9 nitrogen and oxygen atoms in total. The fourth-order valence-electron chi connectivity index (χ4n) is 3.19. The molecule has 0 amide bonds. The quantitative estimate of drug-likeness (QED) is 0.332. The van der Waals surface area contributed by atoms with Crippen molar-refractivity contribution in [2.45, 2.75) is 44.9 Å². The molecule has 0 saturated heterocycles. The minimum absolute atomic E-state index is 0.149. The molecule has 2 aromatic heterocycles. The molecule has 0 atom stereocenters. The van der Waals surface area contributed by atoms with Gasteiger partial charge in [0.15, 0.2) is 10.9 Å². The summed E-state index contributed by atoms with van der Waals surface area (Å²) < 4.78 is 2.70. The van der Waals surface area contributed by atoms with Crippen molar-refractivity contribution in [3.8, 4) is 0 Å². The number of hydrogen-bond acceptors (Lipinski definition) is 7. The van der Waals surface area contributed by atoms with Gasteiger partial charge in [-0.3, -0.25) is 28.5 Å². The van der Waals surface area contributed by atoms with Crippen LogP contribution in [0.15, 0.2) is 43.8 Å². The molecule has 3 N–H and O–H groups in total. The number of aromatic nitrogens is 4. The molecule has 0 fully saturated rings. The van der Waals surface area contributed by atoms with Gasteiger partial charge in [-0.1, -0.05) is 30.8 Å². The summed E-state index contributed by atoms with van der Waals surface area (Å²) in [6.45, 7) is 5.85. The highest BCUT2D eigenvalue weighted by molar-refractivity contribution is 7.99. The predicted molar refractivity (Wildman–Crippen MR) is 117 cm³/mol. The van der Waals surface area contributed by atoms with E-state index in [4.69, 9.17) is 5.73 Å². The van der Waals surface area contributed by atoms with Crippen molar-refractivity contribution in [3.63, 3.8) is 0 Å². The Morgan fingerprint density at radius 1 is 1.23 bits per heavy atom. The van der Waals surface area contributed by atoms with Crippen LogP contribution >= 0.6 is 11.8 Å². The summed E-state index contributed by atoms with van der Waals surface area (Å²) in [6.07, 6.45) is 0.611. The van der Waals surface area contributed by atoms with Crippen LogP contribution in [-0.2, 0) is 6.54 Å². The van der Waals surface area contributed by atoms with Gasteiger partial charge in [-0.15, -0.1) is 0 Å². The minimum Gasteiger partial charge on any atom is -0.384 e. The zero-order valence-corrected chi connectivity index (χ0v) is 17.8. The van der Waals surface area contributed by atoms with Gasteiger partial charge in [-0.25, -0.2) is 9.78 Å². The average Bonchev–Trinajstić information content (AvgIpc) is 2.69. The number of anilines is 1. The van der Waals surface area contributed by atoms with Crippen LogP contribution in [0.2, 0.25) is 0 Å². The van der Waals surface area contributed by atoms with Crippen LogP contribution in [0.25, 0.3) is 10.9 Å². The molecule has 10 heteroatoms. The van der Waals surface area contributed by atoms with E-state index < -0.39 is 17.0 Å². The van der Waals surface area contributed by atoms with Gasteiger partial charge in [-0.05, 0) is 32.4 Å². The fraction of sp³-hybridized carbons (Fsp3) is 0.350. The second-order valence-corrected chi connectivity index (χ2v) is 8.01. The monoisotopic (exact) mass is 429 g/mol. The molecule has 0 radical (unpaired) electrons. The summed E-state index contributed by atoms with van der Waals surface area (Å²) in [4.78, 5) is 56.5. The molecule has 0 saturated carbocycles. The SMILES string of the molecule is CCCn1c(N)c(C(=O)CSc2nc3ccccc3c(=O)n2C(C)C)c(=O)[nH]c1=O. The van der Waals surface area contributed by atoms with Crippen molar-refractivity contribution in [2.24, 2.45) is 0 Å². The molecule has 3 rings (SSSR count). The number of thioether (sulfide) groups is 1. The number of para-hydroxylation sites is 1. The van der Waals surface area contributed by atoms with Gasteiger partial charge in [0.25, 0.3) is 11.1 Å². The van der Waals surface area contributed by atoms with Gasteiger partial charge < -0.3 is 5.73 Å². The molecule has 158 valence electrons. The summed E-state index contributed by atoms with van der Waals surface area (Å²) in [7, 11) is 0. The molecular formula is C20H23N5O4S. The Morgan fingerprint density at radius 2 is 1.93 bits per heavy atom. The largest absolute Gasteiger partial charge is 0.384 e. The van der Waals surface area contributed by atoms with E-state index in [0.29, 0.717) is 22.5 Å². The number of nitrogens with two attached hydrogens (primary N) is 1. The van der Waals surface area contributed by atoms with E-state index in [2.05, 4.69) is 9.97 Å². The number of Topliss-reactive ketones (excluding diaryl/α,β-unsaturated/α-hetero) is 1. The highest BCUT2D eigenvalue weighted by Gasteiger charge is 2.21. The molecule has 1 aromatic carbocycles. The lowest BCUT2D eigenvalue weighted by Crippen LogP contribution is -2.36. The first-order valence-corrected chi connectivity index (χ1v) is 10.5. The maximum absolute atomic E-state index is 12.9. The molecular weight excluding hydrogens is 406 g/mol.